The predicted molar refractivity (Wildman–Crippen MR) is 473 cm³/mol. The molecule has 0 amide bonds. The second kappa shape index (κ2) is 50.0. The smallest absolute Gasteiger partial charge is 0.190 e. The molecule has 2 radical (unpaired) electrons. The molecule has 16 atom stereocenters. The molecule has 12 unspecified atom stereocenters. The number of hydrogen-bond acceptors (Lipinski definition) is 8. The maximum atomic E-state index is 6.19. The summed E-state index contributed by atoms with van der Waals surface area (Å²) in [7, 11) is -3.46. The van der Waals surface area contributed by atoms with E-state index in [0.717, 1.165) is 50.0 Å². The maximum absolute atomic E-state index is 6.19. The molecule has 8 nitrogen and oxygen atoms in total. The third-order valence-corrected chi connectivity index (χ3v) is 38.9. The molecule has 4 saturated carbocycles. The quantitative estimate of drug-likeness (QED) is 0.0446. The Kier molecular flexibility index (Phi) is 42.8. The molecule has 16 rings (SSSR count). The van der Waals surface area contributed by atoms with Crippen LogP contribution in [0, 0.1) is 47.3 Å². The third-order valence-electron chi connectivity index (χ3n) is 25.5. The van der Waals surface area contributed by atoms with Gasteiger partial charge in [-0.15, -0.1) is 0 Å². The van der Waals surface area contributed by atoms with E-state index < -0.39 is 31.7 Å². The summed E-state index contributed by atoms with van der Waals surface area (Å²) in [5, 5.41) is 12.1. The fraction of sp³-hybridized carbons (Fsp3) is 0.458. The minimum absolute atomic E-state index is 0. The zero-order chi connectivity index (χ0) is 74.6. The predicted octanol–water partition coefficient (Wildman–Crippen LogP) is 13.5. The summed E-state index contributed by atoms with van der Waals surface area (Å²) in [4.78, 5) is 20.3. The molecule has 0 N–H and O–H groups in total. The summed E-state index contributed by atoms with van der Waals surface area (Å²) in [5.74, 6) is 8.67. The van der Waals surface area contributed by atoms with Crippen LogP contribution in [0.15, 0.2) is 263 Å². The van der Waals surface area contributed by atoms with Crippen LogP contribution in [0.3, 0.4) is 0 Å². The van der Waals surface area contributed by atoms with Gasteiger partial charge in [0.2, 0.25) is 0 Å². The minimum Gasteiger partial charge on any atom is -1.00 e. The summed E-state index contributed by atoms with van der Waals surface area (Å²) < 4.78 is 24.8. The van der Waals surface area contributed by atoms with Crippen molar-refractivity contribution in [1.29, 1.82) is 0 Å². The van der Waals surface area contributed by atoms with E-state index in [9.17, 15) is 0 Å². The Bertz CT molecular complexity index is 3460. The van der Waals surface area contributed by atoms with Gasteiger partial charge in [0.15, 0.2) is 23.6 Å². The molecule has 8 aliphatic rings. The molecule has 18 heteroatoms. The molecular weight excluding hydrogens is 1970 g/mol. The van der Waals surface area contributed by atoms with Crippen molar-refractivity contribution in [2.24, 2.45) is 67.3 Å². The van der Waals surface area contributed by atoms with Crippen molar-refractivity contribution in [1.82, 2.24) is 0 Å². The van der Waals surface area contributed by atoms with Crippen LogP contribution in [0.2, 0.25) is 0 Å². The van der Waals surface area contributed by atoms with Gasteiger partial charge in [-0.1, -0.05) is 227 Å². The first-order valence-corrected chi connectivity index (χ1v) is 48.1. The number of ether oxygens (including phenoxy) is 4. The average Bonchev–Trinajstić information content (AvgIpc) is 1.59. The molecule has 8 aromatic rings. The fourth-order valence-corrected chi connectivity index (χ4v) is 32.4. The average molecular weight is 2100 g/mol. The molecule has 622 valence electrons. The van der Waals surface area contributed by atoms with Gasteiger partial charge >= 0.3 is 0 Å². The molecule has 8 aromatic carbocycles. The zero-order valence-corrected chi connectivity index (χ0v) is 80.0. The van der Waals surface area contributed by atoms with Crippen LogP contribution in [0.25, 0.3) is 0 Å². The van der Waals surface area contributed by atoms with Gasteiger partial charge in [0.1, 0.15) is 26.4 Å². The number of nitrogens with zero attached hydrogens (tertiary/aromatic N) is 4. The second-order valence-corrected chi connectivity index (χ2v) is 43.0. The Morgan fingerprint density at radius 3 is 0.553 bits per heavy atom. The summed E-state index contributed by atoms with van der Waals surface area (Å²) in [5.41, 5.74) is 2.65. The SMILES string of the molecule is CCC(C)[C@@H]1COC(C2CCCC2[PH+](c2ccccc2)c2ccccc2)=N1.CCC(C)[C@@H]1COC(C2CCCC2[PH+](c2ccccc2)c2ccccc2)=N1.CCC(C)[C@H]1COC(C2CCCC2[PH+](c2ccccc2)c2ccccc2)=N1.CCC(C)[C@H]1COC(C2CCCC2[PH+](c2ccccc2)c2ccccc2)=N1.[Au].[Au].[Cl-].[Cl-].[Fe].[Fe]. The van der Waals surface area contributed by atoms with Crippen LogP contribution in [0.4, 0.5) is 0 Å². The van der Waals surface area contributed by atoms with Gasteiger partial charge in [0, 0.05) is 78.9 Å². The Morgan fingerprint density at radius 2 is 0.412 bits per heavy atom. The van der Waals surface area contributed by atoms with Gasteiger partial charge in [-0.25, -0.2) is 20.0 Å². The van der Waals surface area contributed by atoms with Crippen molar-refractivity contribution in [3.05, 3.63) is 243 Å². The fourth-order valence-electron chi connectivity index (χ4n) is 18.4. The van der Waals surface area contributed by atoms with Crippen LogP contribution in [0.5, 0.6) is 0 Å². The topological polar surface area (TPSA) is 86.4 Å². The molecule has 4 fully saturated rings. The van der Waals surface area contributed by atoms with E-state index in [1.807, 2.05) is 0 Å². The maximum Gasteiger partial charge on any atom is 0.190 e. The number of aliphatic imine (C=N–C) groups is 4. The Morgan fingerprint density at radius 1 is 0.263 bits per heavy atom. The molecule has 114 heavy (non-hydrogen) atoms. The second-order valence-electron chi connectivity index (χ2n) is 32.1. The standard InChI is InChI=1S/4C24H30NOP.2Au.2ClH.2Fe/c4*1-3-18(2)22-17-26-24(25-22)21-15-10-16-23(21)27(19-11-6-4-7-12-19)20-13-8-5-9-14-20;;;;;;/h4*4-9,11-14,18,21-23H,3,10,15-17H2,1-2H3;;;2*1H;;/p+2/t4*18?,21?,22-,23?;;;;;;/m1100....../s1. The summed E-state index contributed by atoms with van der Waals surface area (Å²) >= 11 is 0. The molecular formula is C96H124Au2Cl2Fe2N4O4P4+2. The molecule has 4 heterocycles. The molecule has 0 saturated heterocycles. The van der Waals surface area contributed by atoms with E-state index in [4.69, 9.17) is 38.9 Å². The Hall–Kier alpha value is -3.54. The molecule has 0 bridgehead atoms. The van der Waals surface area contributed by atoms with Crippen molar-refractivity contribution in [3.8, 4) is 0 Å². The van der Waals surface area contributed by atoms with E-state index in [1.54, 1.807) is 0 Å². The van der Waals surface area contributed by atoms with Crippen molar-refractivity contribution < 1.29 is 123 Å². The van der Waals surface area contributed by atoms with Gasteiger partial charge < -0.3 is 43.8 Å². The first-order valence-electron chi connectivity index (χ1n) is 41.8. The van der Waals surface area contributed by atoms with Crippen molar-refractivity contribution >= 4 is 97.7 Å². The Balaban J connectivity index is 0.000000207. The molecule has 0 aromatic heterocycles. The van der Waals surface area contributed by atoms with E-state index in [2.05, 4.69) is 298 Å². The van der Waals surface area contributed by atoms with Crippen LogP contribution in [-0.4, -0.2) is 96.8 Å². The number of benzene rings is 8. The third kappa shape index (κ3) is 24.9. The number of hydrogen-bond donors (Lipinski definition) is 0. The molecule has 4 aliphatic heterocycles. The van der Waals surface area contributed by atoms with Crippen molar-refractivity contribution in [2.75, 3.05) is 26.4 Å². The van der Waals surface area contributed by atoms with Crippen LogP contribution >= 0.6 is 31.7 Å². The van der Waals surface area contributed by atoms with Crippen molar-refractivity contribution in [3.63, 3.8) is 0 Å². The van der Waals surface area contributed by atoms with E-state index >= 15 is 0 Å². The summed E-state index contributed by atoms with van der Waals surface area (Å²) in [6.45, 7) is 21.4. The van der Waals surface area contributed by atoms with E-state index in [1.165, 1.54) is 145 Å². The number of rotatable bonds is 24. The minimum atomic E-state index is -0.866. The van der Waals surface area contributed by atoms with Crippen LogP contribution < -0.4 is 67.3 Å². The van der Waals surface area contributed by atoms with Crippen LogP contribution in [0.1, 0.15) is 158 Å². The Labute approximate surface area is 754 Å². The van der Waals surface area contributed by atoms with Gasteiger partial charge in [-0.3, -0.25) is 0 Å². The molecule has 0 spiro atoms. The van der Waals surface area contributed by atoms with Gasteiger partial charge in [0.25, 0.3) is 0 Å². The van der Waals surface area contributed by atoms with E-state index in [0.29, 0.717) is 94.1 Å². The van der Waals surface area contributed by atoms with Gasteiger partial charge in [-0.05, 0) is 198 Å². The van der Waals surface area contributed by atoms with Gasteiger partial charge in [-0.2, -0.15) is 0 Å². The molecule has 4 aliphatic carbocycles. The van der Waals surface area contributed by atoms with Crippen molar-refractivity contribution in [2.45, 2.75) is 205 Å². The first kappa shape index (κ1) is 97.6. The summed E-state index contributed by atoms with van der Waals surface area (Å²) in [6, 6.07) is 90.7. The van der Waals surface area contributed by atoms with Crippen LogP contribution in [-0.2, 0) is 97.8 Å². The first-order chi connectivity index (χ1) is 53.1. The monoisotopic (exact) mass is 2100 g/mol. The number of halogens is 2. The van der Waals surface area contributed by atoms with E-state index in [-0.39, 0.29) is 104 Å². The van der Waals surface area contributed by atoms with Gasteiger partial charge in [0.05, 0.1) is 145 Å². The normalized spacial score (nSPS) is 24.7. The summed E-state index contributed by atoms with van der Waals surface area (Å²) in [6.07, 6.45) is 19.9. The largest absolute Gasteiger partial charge is 1.00 e. The zero-order valence-electron chi connectivity index (χ0n) is 68.0.